The van der Waals surface area contributed by atoms with E-state index in [1.165, 1.54) is 0 Å². The molecule has 1 aliphatic heterocycles. The second kappa shape index (κ2) is 10.8. The first kappa shape index (κ1) is 29.1. The first-order valence-corrected chi connectivity index (χ1v) is 15.4. The molecule has 0 radical (unpaired) electrons. The third kappa shape index (κ3) is 4.37. The molecule has 0 saturated heterocycles. The average molecular weight is 599 g/mol. The molecule has 45 heavy (non-hydrogen) atoms. The normalized spacial score (nSPS) is 18.1. The molecule has 2 aliphatic rings. The summed E-state index contributed by atoms with van der Waals surface area (Å²) in [6, 6.07) is 29.0. The van der Waals surface area contributed by atoms with Crippen LogP contribution >= 0.6 is 0 Å². The largest absolute Gasteiger partial charge is 0.497 e. The smallest absolute Gasteiger partial charge is 0.178 e. The van der Waals surface area contributed by atoms with Gasteiger partial charge in [0.15, 0.2) is 5.60 Å². The van der Waals surface area contributed by atoms with Gasteiger partial charge in [-0.3, -0.25) is 0 Å². The van der Waals surface area contributed by atoms with E-state index in [1.807, 2.05) is 48.5 Å². The summed E-state index contributed by atoms with van der Waals surface area (Å²) in [6.07, 6.45) is 4.04. The Labute approximate surface area is 264 Å². The van der Waals surface area contributed by atoms with Crippen molar-refractivity contribution in [3.05, 3.63) is 130 Å². The fourth-order valence-corrected chi connectivity index (χ4v) is 7.54. The lowest BCUT2D eigenvalue weighted by molar-refractivity contribution is 0.125. The minimum absolute atomic E-state index is 0.138. The van der Waals surface area contributed by atoms with Crippen molar-refractivity contribution in [1.29, 1.82) is 0 Å². The molecule has 0 spiro atoms. The van der Waals surface area contributed by atoms with E-state index in [0.717, 1.165) is 78.1 Å². The van der Waals surface area contributed by atoms with Crippen molar-refractivity contribution in [3.63, 3.8) is 0 Å². The van der Waals surface area contributed by atoms with E-state index in [1.54, 1.807) is 21.1 Å². The summed E-state index contributed by atoms with van der Waals surface area (Å²) < 4.78 is 18.4. The predicted molar refractivity (Wildman–Crippen MR) is 179 cm³/mol. The van der Waals surface area contributed by atoms with Crippen molar-refractivity contribution in [2.75, 3.05) is 20.8 Å². The van der Waals surface area contributed by atoms with Crippen molar-refractivity contribution in [2.45, 2.75) is 44.3 Å². The Morgan fingerprint density at radius 3 is 1.96 bits per heavy atom. The first-order chi connectivity index (χ1) is 21.7. The Balaban J connectivity index is 1.57. The number of ether oxygens (including phenoxy) is 3. The Hall–Kier alpha value is -4.58. The van der Waals surface area contributed by atoms with Crippen LogP contribution in [0.3, 0.4) is 0 Å². The van der Waals surface area contributed by atoms with Gasteiger partial charge in [0.05, 0.1) is 26.9 Å². The number of aryl methyl sites for hydroxylation is 2. The topological polar surface area (TPSA) is 68.2 Å². The van der Waals surface area contributed by atoms with Crippen molar-refractivity contribution in [3.8, 4) is 28.4 Å². The van der Waals surface area contributed by atoms with Gasteiger partial charge in [-0.25, -0.2) is 0 Å². The van der Waals surface area contributed by atoms with E-state index in [2.05, 4.69) is 62.4 Å². The SMILES string of the molecule is COc1ccc(C2(c3ccc(OC)cc3)C=Cc3c4c(c5ccc(C)cc5c3O2)-c2ccc(C)cc2C4(CO)CC(C)O)cc1. The lowest BCUT2D eigenvalue weighted by Crippen LogP contribution is -2.37. The third-order valence-electron chi connectivity index (χ3n) is 9.59. The second-order valence-electron chi connectivity index (χ2n) is 12.5. The fraction of sp³-hybridized carbons (Fsp3) is 0.250. The molecule has 5 aromatic rings. The van der Waals surface area contributed by atoms with Crippen LogP contribution in [0.5, 0.6) is 17.2 Å². The lowest BCUT2D eigenvalue weighted by Gasteiger charge is -2.39. The van der Waals surface area contributed by atoms with Gasteiger partial charge in [0.2, 0.25) is 0 Å². The van der Waals surface area contributed by atoms with Crippen molar-refractivity contribution >= 4 is 16.8 Å². The highest BCUT2D eigenvalue weighted by Crippen LogP contribution is 2.59. The van der Waals surface area contributed by atoms with Crippen LogP contribution in [0.2, 0.25) is 0 Å². The Morgan fingerprint density at radius 1 is 0.778 bits per heavy atom. The molecule has 0 saturated carbocycles. The molecule has 0 aromatic heterocycles. The van der Waals surface area contributed by atoms with Gasteiger partial charge in [0.1, 0.15) is 17.2 Å². The number of aliphatic hydroxyl groups excluding tert-OH is 2. The summed E-state index contributed by atoms with van der Waals surface area (Å²) in [7, 11) is 3.33. The molecular formula is C40H38O5. The van der Waals surface area contributed by atoms with Crippen LogP contribution < -0.4 is 14.2 Å². The van der Waals surface area contributed by atoms with Gasteiger partial charge < -0.3 is 24.4 Å². The van der Waals surface area contributed by atoms with Crippen molar-refractivity contribution < 1.29 is 24.4 Å². The zero-order chi connectivity index (χ0) is 31.5. The number of rotatable bonds is 7. The Morgan fingerprint density at radius 2 is 1.38 bits per heavy atom. The van der Waals surface area contributed by atoms with E-state index >= 15 is 0 Å². The highest BCUT2D eigenvalue weighted by Gasteiger charge is 2.49. The molecule has 1 aliphatic carbocycles. The summed E-state index contributed by atoms with van der Waals surface area (Å²) in [5, 5.41) is 24.3. The summed E-state index contributed by atoms with van der Waals surface area (Å²) in [5.74, 6) is 2.29. The van der Waals surface area contributed by atoms with E-state index in [-0.39, 0.29) is 6.61 Å². The maximum atomic E-state index is 11.3. The Bertz CT molecular complexity index is 1910. The average Bonchev–Trinajstić information content (AvgIpc) is 3.33. The monoisotopic (exact) mass is 598 g/mol. The zero-order valence-corrected chi connectivity index (χ0v) is 26.3. The molecule has 0 amide bonds. The van der Waals surface area contributed by atoms with Crippen LogP contribution in [0.25, 0.3) is 28.0 Å². The molecule has 5 nitrogen and oxygen atoms in total. The molecule has 5 heteroatoms. The van der Waals surface area contributed by atoms with E-state index in [0.29, 0.717) is 6.42 Å². The molecule has 1 heterocycles. The van der Waals surface area contributed by atoms with Gasteiger partial charge in [0.25, 0.3) is 0 Å². The minimum Gasteiger partial charge on any atom is -0.497 e. The molecule has 5 aromatic carbocycles. The number of methoxy groups -OCH3 is 2. The second-order valence-corrected chi connectivity index (χ2v) is 12.5. The van der Waals surface area contributed by atoms with Gasteiger partial charge in [-0.15, -0.1) is 0 Å². The third-order valence-corrected chi connectivity index (χ3v) is 9.59. The lowest BCUT2D eigenvalue weighted by atomic mass is 9.71. The van der Waals surface area contributed by atoms with Crippen LogP contribution in [0.15, 0.2) is 91.0 Å². The van der Waals surface area contributed by atoms with Crippen LogP contribution in [-0.4, -0.2) is 37.1 Å². The van der Waals surface area contributed by atoms with Crippen LogP contribution in [0.4, 0.5) is 0 Å². The van der Waals surface area contributed by atoms with E-state index in [4.69, 9.17) is 14.2 Å². The van der Waals surface area contributed by atoms with Crippen LogP contribution in [-0.2, 0) is 11.0 Å². The van der Waals surface area contributed by atoms with Gasteiger partial charge in [-0.2, -0.15) is 0 Å². The van der Waals surface area contributed by atoms with Gasteiger partial charge >= 0.3 is 0 Å². The Kier molecular flexibility index (Phi) is 6.99. The highest BCUT2D eigenvalue weighted by atomic mass is 16.5. The number of hydrogen-bond donors (Lipinski definition) is 2. The fourth-order valence-electron chi connectivity index (χ4n) is 7.54. The van der Waals surface area contributed by atoms with Gasteiger partial charge in [0, 0.05) is 27.5 Å². The zero-order valence-electron chi connectivity index (χ0n) is 26.3. The molecule has 0 bridgehead atoms. The minimum atomic E-state index is -0.954. The molecular weight excluding hydrogens is 560 g/mol. The summed E-state index contributed by atoms with van der Waals surface area (Å²) in [6.45, 7) is 5.83. The van der Waals surface area contributed by atoms with Crippen molar-refractivity contribution in [2.24, 2.45) is 0 Å². The van der Waals surface area contributed by atoms with E-state index < -0.39 is 17.1 Å². The molecule has 0 fully saturated rings. The standard InChI is InChI=1S/C40H38O5/c1-24-6-16-31-34(20-24)38-33(37-36(31)32-17-7-25(2)21-35(32)39(37,23-41)22-26(3)42)18-19-40(45-38,27-8-12-29(43-4)13-9-27)28-10-14-30(44-5)15-11-28/h6-21,26,41-42H,22-23H2,1-5H3. The maximum absolute atomic E-state index is 11.3. The predicted octanol–water partition coefficient (Wildman–Crippen LogP) is 7.85. The molecule has 7 rings (SSSR count). The molecule has 2 unspecified atom stereocenters. The van der Waals surface area contributed by atoms with Gasteiger partial charge in [-0.1, -0.05) is 71.8 Å². The van der Waals surface area contributed by atoms with Gasteiger partial charge in [-0.05, 0) is 91.2 Å². The van der Waals surface area contributed by atoms with Crippen LogP contribution in [0.1, 0.15) is 52.3 Å². The summed E-state index contributed by atoms with van der Waals surface area (Å²) >= 11 is 0. The highest BCUT2D eigenvalue weighted by molar-refractivity contribution is 6.09. The summed E-state index contributed by atoms with van der Waals surface area (Å²) in [4.78, 5) is 0. The number of aliphatic hydroxyl groups is 2. The van der Waals surface area contributed by atoms with Crippen LogP contribution in [0, 0.1) is 13.8 Å². The summed E-state index contributed by atoms with van der Waals surface area (Å²) in [5.41, 5.74) is 7.57. The molecule has 2 atom stereocenters. The quantitative estimate of drug-likeness (QED) is 0.200. The van der Waals surface area contributed by atoms with E-state index in [9.17, 15) is 10.2 Å². The number of fused-ring (bicyclic) bond motifs is 8. The molecule has 228 valence electrons. The number of hydrogen-bond acceptors (Lipinski definition) is 5. The maximum Gasteiger partial charge on any atom is 0.178 e. The first-order valence-electron chi connectivity index (χ1n) is 15.4. The van der Waals surface area contributed by atoms with Crippen molar-refractivity contribution in [1.82, 2.24) is 0 Å². The number of benzene rings is 5. The molecule has 2 N–H and O–H groups in total.